The molecule has 4 aliphatic heterocycles. The smallest absolute Gasteiger partial charge is 0.258 e. The van der Waals surface area contributed by atoms with E-state index in [1.54, 1.807) is 11.0 Å². The third kappa shape index (κ3) is 9.65. The molecule has 10 rings (SSSR count). The topological polar surface area (TPSA) is 146 Å². The van der Waals surface area contributed by atoms with Crippen LogP contribution in [0.15, 0.2) is 78.9 Å². The maximum Gasteiger partial charge on any atom is 0.258 e. The molecule has 4 aromatic carbocycles. The van der Waals surface area contributed by atoms with Crippen LogP contribution in [-0.4, -0.2) is 78.0 Å². The molecule has 0 radical (unpaired) electrons. The number of rotatable bonds is 10. The number of hydrogen-bond acceptors (Lipinski definition) is 11. The Kier molecular flexibility index (Phi) is 12.7. The molecule has 6 aromatic rings. The van der Waals surface area contributed by atoms with Crippen molar-refractivity contribution in [1.29, 1.82) is 0 Å². The van der Waals surface area contributed by atoms with Crippen molar-refractivity contribution in [1.82, 2.24) is 14.9 Å². The normalized spacial score (nSPS) is 14.8. The SMILES string of the molecule is CCC(=O)N1CCc2cc(-c3nc(NC(=O)CN4CCCC4)sc3C)ccc21.Cc1sc(NC(=O)Cc2ccc3c(c2)OCO3)nc1-c1ccc2c(c1)CCN2C(=O)c1ccc(F)cc1. The fraction of sp³-hybridized carbons (Fsp3) is 0.306. The summed E-state index contributed by atoms with van der Waals surface area (Å²) in [7, 11) is 0. The van der Waals surface area contributed by atoms with E-state index in [-0.39, 0.29) is 42.7 Å². The van der Waals surface area contributed by atoms with Gasteiger partial charge >= 0.3 is 0 Å². The fourth-order valence-electron chi connectivity index (χ4n) is 8.65. The number of thiazole rings is 2. The molecule has 0 saturated carbocycles. The van der Waals surface area contributed by atoms with Gasteiger partial charge in [-0.15, -0.1) is 22.7 Å². The van der Waals surface area contributed by atoms with Crippen LogP contribution in [0, 0.1) is 19.7 Å². The molecular weight excluding hydrogens is 866 g/mol. The lowest BCUT2D eigenvalue weighted by molar-refractivity contribution is -0.118. The Hall–Kier alpha value is -6.49. The maximum atomic E-state index is 13.3. The Bertz CT molecular complexity index is 2800. The number of fused-ring (bicyclic) bond motifs is 3. The molecule has 0 spiro atoms. The Morgan fingerprint density at radius 2 is 1.28 bits per heavy atom. The van der Waals surface area contributed by atoms with Gasteiger partial charge in [0.2, 0.25) is 24.5 Å². The lowest BCUT2D eigenvalue weighted by Crippen LogP contribution is -2.30. The van der Waals surface area contributed by atoms with E-state index in [9.17, 15) is 23.6 Å². The zero-order valence-corrected chi connectivity index (χ0v) is 38.0. The van der Waals surface area contributed by atoms with Crippen LogP contribution in [0.4, 0.5) is 26.0 Å². The molecule has 4 amide bonds. The van der Waals surface area contributed by atoms with E-state index in [0.29, 0.717) is 46.8 Å². The number of carbonyl (C=O) groups excluding carboxylic acids is 4. The van der Waals surface area contributed by atoms with Crippen LogP contribution < -0.4 is 29.9 Å². The first kappa shape index (κ1) is 43.7. The summed E-state index contributed by atoms with van der Waals surface area (Å²) in [5, 5.41) is 7.04. The number of benzene rings is 4. The molecule has 1 saturated heterocycles. The van der Waals surface area contributed by atoms with Gasteiger partial charge in [-0.1, -0.05) is 25.1 Å². The second-order valence-electron chi connectivity index (χ2n) is 16.3. The number of amides is 4. The summed E-state index contributed by atoms with van der Waals surface area (Å²) >= 11 is 2.93. The molecule has 1 fully saturated rings. The van der Waals surface area contributed by atoms with Crippen LogP contribution in [0.5, 0.6) is 11.5 Å². The molecule has 334 valence electrons. The number of hydrogen-bond donors (Lipinski definition) is 2. The van der Waals surface area contributed by atoms with Gasteiger partial charge in [0.15, 0.2) is 21.8 Å². The molecule has 2 aromatic heterocycles. The highest BCUT2D eigenvalue weighted by Crippen LogP contribution is 2.38. The number of aromatic nitrogens is 2. The first-order chi connectivity index (χ1) is 31.5. The van der Waals surface area contributed by atoms with Crippen molar-refractivity contribution < 1.29 is 33.0 Å². The van der Waals surface area contributed by atoms with Gasteiger partial charge in [0.25, 0.3) is 5.91 Å². The van der Waals surface area contributed by atoms with Crippen molar-refractivity contribution in [2.45, 2.75) is 59.3 Å². The molecule has 0 bridgehead atoms. The van der Waals surface area contributed by atoms with E-state index in [1.165, 1.54) is 65.3 Å². The summed E-state index contributed by atoms with van der Waals surface area (Å²) < 4.78 is 24.0. The number of anilines is 4. The number of nitrogens with zero attached hydrogens (tertiary/aromatic N) is 5. The number of ether oxygens (including phenoxy) is 2. The zero-order valence-electron chi connectivity index (χ0n) is 36.4. The quantitative estimate of drug-likeness (QED) is 0.138. The summed E-state index contributed by atoms with van der Waals surface area (Å²) in [6.07, 6.45) is 4.66. The highest BCUT2D eigenvalue weighted by Gasteiger charge is 2.28. The maximum absolute atomic E-state index is 13.3. The monoisotopic (exact) mass is 913 g/mol. The van der Waals surface area contributed by atoms with Crippen LogP contribution in [0.1, 0.15) is 63.0 Å². The first-order valence-corrected chi connectivity index (χ1v) is 23.4. The van der Waals surface area contributed by atoms with E-state index in [4.69, 9.17) is 9.47 Å². The van der Waals surface area contributed by atoms with Crippen LogP contribution in [-0.2, 0) is 33.6 Å². The molecule has 13 nitrogen and oxygen atoms in total. The first-order valence-electron chi connectivity index (χ1n) is 21.8. The van der Waals surface area contributed by atoms with Gasteiger partial charge in [0, 0.05) is 57.3 Å². The van der Waals surface area contributed by atoms with Gasteiger partial charge in [-0.2, -0.15) is 0 Å². The molecule has 4 aliphatic rings. The summed E-state index contributed by atoms with van der Waals surface area (Å²) in [5.74, 6) is 0.815. The Morgan fingerprint density at radius 1 is 0.692 bits per heavy atom. The Labute approximate surface area is 384 Å². The fourth-order valence-corrected chi connectivity index (χ4v) is 10.3. The van der Waals surface area contributed by atoms with E-state index in [1.807, 2.05) is 68.1 Å². The highest BCUT2D eigenvalue weighted by atomic mass is 32.1. The average Bonchev–Trinajstić information content (AvgIpc) is 4.17. The Balaban J connectivity index is 0.000000171. The van der Waals surface area contributed by atoms with Crippen LogP contribution in [0.25, 0.3) is 22.5 Å². The molecule has 0 atom stereocenters. The summed E-state index contributed by atoms with van der Waals surface area (Å²) in [6, 6.07) is 23.2. The molecular formula is C49H48FN7O6S2. The van der Waals surface area contributed by atoms with Gasteiger partial charge in [0.1, 0.15) is 5.82 Å². The van der Waals surface area contributed by atoms with Gasteiger partial charge < -0.3 is 29.9 Å². The summed E-state index contributed by atoms with van der Waals surface area (Å²) in [6.45, 7) is 9.84. The van der Waals surface area contributed by atoms with Crippen molar-refractivity contribution in [3.8, 4) is 34.0 Å². The van der Waals surface area contributed by atoms with Gasteiger partial charge in [-0.25, -0.2) is 14.4 Å². The number of nitrogens with one attached hydrogen (secondary N) is 2. The predicted molar refractivity (Wildman–Crippen MR) is 252 cm³/mol. The van der Waals surface area contributed by atoms with Crippen molar-refractivity contribution in [3.63, 3.8) is 0 Å². The molecule has 16 heteroatoms. The third-order valence-corrected chi connectivity index (χ3v) is 13.7. The van der Waals surface area contributed by atoms with Crippen molar-refractivity contribution >= 4 is 67.9 Å². The standard InChI is InChI=1S/C28H22FN3O4S.C21H26N4O2S/c1-16-26(31-28(37-16)30-25(33)13-17-2-9-23-24(12-17)36-15-35-23)20-5-8-22-19(14-20)10-11-32(22)27(34)18-3-6-21(29)7-4-18;1-3-19(27)25-11-8-15-12-16(6-7-17(15)25)20-14(2)28-21(23-20)22-18(26)13-24-9-4-5-10-24/h2-9,12,14H,10-11,13,15H2,1H3,(H,30,31,33);6-7,12H,3-5,8-11,13H2,1-2H3,(H,22,23,26). The van der Waals surface area contributed by atoms with Crippen molar-refractivity contribution in [3.05, 3.63) is 117 Å². The van der Waals surface area contributed by atoms with Gasteiger partial charge in [-0.3, -0.25) is 24.1 Å². The number of halogens is 1. The van der Waals surface area contributed by atoms with Gasteiger partial charge in [0.05, 0.1) is 24.4 Å². The van der Waals surface area contributed by atoms with E-state index < -0.39 is 0 Å². The molecule has 0 unspecified atom stereocenters. The van der Waals surface area contributed by atoms with Gasteiger partial charge in [-0.05, 0) is 130 Å². The highest BCUT2D eigenvalue weighted by molar-refractivity contribution is 7.16. The average molecular weight is 914 g/mol. The van der Waals surface area contributed by atoms with Crippen molar-refractivity contribution in [2.75, 3.05) is 60.0 Å². The van der Waals surface area contributed by atoms with Crippen LogP contribution in [0.3, 0.4) is 0 Å². The third-order valence-electron chi connectivity index (χ3n) is 11.9. The second-order valence-corrected chi connectivity index (χ2v) is 18.7. The van der Waals surface area contributed by atoms with E-state index in [0.717, 1.165) is 87.2 Å². The largest absolute Gasteiger partial charge is 0.454 e. The minimum atomic E-state index is -0.370. The Morgan fingerprint density at radius 3 is 1.91 bits per heavy atom. The summed E-state index contributed by atoms with van der Waals surface area (Å²) in [4.78, 5) is 67.2. The predicted octanol–water partition coefficient (Wildman–Crippen LogP) is 8.82. The molecule has 0 aliphatic carbocycles. The molecule has 65 heavy (non-hydrogen) atoms. The van der Waals surface area contributed by atoms with E-state index >= 15 is 0 Å². The number of likely N-dealkylation sites (tertiary alicyclic amines) is 1. The van der Waals surface area contributed by atoms with Crippen LogP contribution >= 0.6 is 22.7 Å². The molecule has 2 N–H and O–H groups in total. The minimum Gasteiger partial charge on any atom is -0.454 e. The van der Waals surface area contributed by atoms with E-state index in [2.05, 4.69) is 31.6 Å². The van der Waals surface area contributed by atoms with Crippen molar-refractivity contribution in [2.24, 2.45) is 0 Å². The lowest BCUT2D eigenvalue weighted by atomic mass is 10.1. The number of carbonyl (C=O) groups is 4. The summed E-state index contributed by atoms with van der Waals surface area (Å²) in [5.41, 5.74) is 9.06. The lowest BCUT2D eigenvalue weighted by Gasteiger charge is -2.17. The second kappa shape index (κ2) is 18.9. The zero-order chi connectivity index (χ0) is 45.2. The minimum absolute atomic E-state index is 0.00451. The number of aryl methyl sites for hydroxylation is 2. The molecule has 6 heterocycles. The van der Waals surface area contributed by atoms with Crippen LogP contribution in [0.2, 0.25) is 0 Å².